The summed E-state index contributed by atoms with van der Waals surface area (Å²) in [6.07, 6.45) is -3.69. The Kier molecular flexibility index (Phi) is 7.32. The molecule has 0 fully saturated rings. The number of ether oxygens (including phenoxy) is 1. The van der Waals surface area contributed by atoms with Gasteiger partial charge in [-0.25, -0.2) is 4.79 Å². The highest BCUT2D eigenvalue weighted by atomic mass is 19.4. The Hall–Kier alpha value is -5.00. The van der Waals surface area contributed by atoms with Gasteiger partial charge < -0.3 is 14.5 Å². The molecule has 12 heteroatoms. The molecule has 0 aliphatic rings. The number of hydrogen-bond acceptors (Lipinski definition) is 7. The van der Waals surface area contributed by atoms with Crippen molar-refractivity contribution >= 4 is 28.5 Å². The second-order valence-electron chi connectivity index (χ2n) is 8.85. The van der Waals surface area contributed by atoms with Crippen molar-refractivity contribution in [3.05, 3.63) is 95.1 Å². The lowest BCUT2D eigenvalue weighted by molar-refractivity contribution is -0.138. The van der Waals surface area contributed by atoms with Crippen LogP contribution in [-0.4, -0.2) is 32.1 Å². The Labute approximate surface area is 225 Å². The maximum atomic E-state index is 13.5. The third kappa shape index (κ3) is 5.85. The number of esters is 1. The molecule has 9 nitrogen and oxygen atoms in total. The van der Waals surface area contributed by atoms with Gasteiger partial charge in [-0.05, 0) is 59.7 Å². The molecule has 2 heterocycles. The molecule has 204 valence electrons. The molecular formula is C28H22F3N5O4. The van der Waals surface area contributed by atoms with Crippen LogP contribution in [0.2, 0.25) is 0 Å². The van der Waals surface area contributed by atoms with E-state index in [-0.39, 0.29) is 41.6 Å². The fourth-order valence-corrected chi connectivity index (χ4v) is 4.06. The van der Waals surface area contributed by atoms with Crippen molar-refractivity contribution in [2.24, 2.45) is 0 Å². The minimum Gasteiger partial charge on any atom is -0.453 e. The van der Waals surface area contributed by atoms with Gasteiger partial charge in [-0.3, -0.25) is 4.79 Å². The van der Waals surface area contributed by atoms with Crippen LogP contribution in [0.25, 0.3) is 22.6 Å². The van der Waals surface area contributed by atoms with Gasteiger partial charge in [0.25, 0.3) is 5.91 Å². The fraction of sp³-hybridized carbons (Fsp3) is 0.179. The van der Waals surface area contributed by atoms with Crippen molar-refractivity contribution in [2.75, 3.05) is 5.32 Å². The zero-order valence-electron chi connectivity index (χ0n) is 21.1. The highest BCUT2D eigenvalue weighted by molar-refractivity contribution is 6.06. The lowest BCUT2D eigenvalue weighted by Gasteiger charge is -2.14. The first-order valence-corrected chi connectivity index (χ1v) is 12.3. The number of halogens is 3. The first kappa shape index (κ1) is 26.6. The van der Waals surface area contributed by atoms with Crippen molar-refractivity contribution in [3.63, 3.8) is 0 Å². The van der Waals surface area contributed by atoms with Gasteiger partial charge in [0.15, 0.2) is 5.76 Å². The van der Waals surface area contributed by atoms with Gasteiger partial charge in [-0.1, -0.05) is 43.7 Å². The fourth-order valence-electron chi connectivity index (χ4n) is 4.06. The lowest BCUT2D eigenvalue weighted by Crippen LogP contribution is -2.14. The van der Waals surface area contributed by atoms with Gasteiger partial charge in [-0.15, -0.1) is 15.0 Å². The summed E-state index contributed by atoms with van der Waals surface area (Å²) in [6, 6.07) is 18.5. The molecular weight excluding hydrogens is 527 g/mol. The molecule has 0 saturated carbocycles. The van der Waals surface area contributed by atoms with E-state index in [1.54, 1.807) is 49.4 Å². The number of alkyl halides is 3. The molecule has 2 aromatic heterocycles. The number of furan rings is 1. The maximum Gasteiger partial charge on any atom is 0.416 e. The van der Waals surface area contributed by atoms with Gasteiger partial charge in [-0.2, -0.15) is 13.2 Å². The average molecular weight is 550 g/mol. The predicted molar refractivity (Wildman–Crippen MR) is 138 cm³/mol. The third-order valence-corrected chi connectivity index (χ3v) is 5.97. The van der Waals surface area contributed by atoms with Gasteiger partial charge in [0, 0.05) is 16.6 Å². The van der Waals surface area contributed by atoms with Crippen LogP contribution in [-0.2, 0) is 24.1 Å². The van der Waals surface area contributed by atoms with Crippen molar-refractivity contribution in [2.45, 2.75) is 32.7 Å². The van der Waals surface area contributed by atoms with E-state index < -0.39 is 23.6 Å². The Morgan fingerprint density at radius 2 is 1.80 bits per heavy atom. The largest absolute Gasteiger partial charge is 0.453 e. The van der Waals surface area contributed by atoms with Gasteiger partial charge in [0.05, 0.1) is 11.1 Å². The number of carbonyl (C=O) groups excluding carboxylic acids is 2. The zero-order chi connectivity index (χ0) is 28.3. The number of benzene rings is 3. The summed E-state index contributed by atoms with van der Waals surface area (Å²) in [5, 5.41) is 15.1. The first-order valence-electron chi connectivity index (χ1n) is 12.3. The average Bonchev–Trinajstić information content (AvgIpc) is 3.59. The molecule has 0 aliphatic carbocycles. The predicted octanol–water partition coefficient (Wildman–Crippen LogP) is 6.12. The SMILES string of the molecule is CCCc1ccc(NC(=O)c2ccc3cc(-c4nnn(COC(=O)c5ccccc5)n4)oc3c2)cc1C(F)(F)F. The lowest BCUT2D eigenvalue weighted by atomic mass is 10.0. The molecule has 0 bridgehead atoms. The van der Waals surface area contributed by atoms with E-state index in [2.05, 4.69) is 20.7 Å². The van der Waals surface area contributed by atoms with E-state index in [9.17, 15) is 22.8 Å². The van der Waals surface area contributed by atoms with E-state index in [0.717, 1.165) is 10.9 Å². The summed E-state index contributed by atoms with van der Waals surface area (Å²) >= 11 is 0. The summed E-state index contributed by atoms with van der Waals surface area (Å²) in [4.78, 5) is 26.0. The van der Waals surface area contributed by atoms with Crippen molar-refractivity contribution in [3.8, 4) is 11.6 Å². The molecule has 0 unspecified atom stereocenters. The van der Waals surface area contributed by atoms with Crippen LogP contribution >= 0.6 is 0 Å². The van der Waals surface area contributed by atoms with Crippen molar-refractivity contribution in [1.82, 2.24) is 20.2 Å². The second-order valence-corrected chi connectivity index (χ2v) is 8.85. The molecule has 0 spiro atoms. The Balaban J connectivity index is 1.29. The van der Waals surface area contributed by atoms with E-state index in [4.69, 9.17) is 9.15 Å². The van der Waals surface area contributed by atoms with Crippen LogP contribution in [0.5, 0.6) is 0 Å². The number of anilines is 1. The number of nitrogens with one attached hydrogen (secondary N) is 1. The molecule has 0 aliphatic heterocycles. The Morgan fingerprint density at radius 1 is 1.00 bits per heavy atom. The van der Waals surface area contributed by atoms with Gasteiger partial charge in [0.2, 0.25) is 12.6 Å². The number of nitrogens with zero attached hydrogens (tertiary/aromatic N) is 4. The zero-order valence-corrected chi connectivity index (χ0v) is 21.1. The summed E-state index contributed by atoms with van der Waals surface area (Å²) < 4.78 is 51.5. The third-order valence-electron chi connectivity index (χ3n) is 5.97. The van der Waals surface area contributed by atoms with Gasteiger partial charge >= 0.3 is 12.1 Å². The smallest absolute Gasteiger partial charge is 0.416 e. The van der Waals surface area contributed by atoms with Crippen LogP contribution < -0.4 is 5.32 Å². The van der Waals surface area contributed by atoms with Crippen molar-refractivity contribution < 1.29 is 31.9 Å². The number of rotatable bonds is 8. The van der Waals surface area contributed by atoms with Crippen LogP contribution in [0.4, 0.5) is 18.9 Å². The number of amides is 1. The van der Waals surface area contributed by atoms with E-state index in [1.807, 2.05) is 0 Å². The number of carbonyl (C=O) groups is 2. The number of hydrogen-bond donors (Lipinski definition) is 1. The number of aromatic nitrogens is 4. The molecule has 0 atom stereocenters. The molecule has 1 N–H and O–H groups in total. The normalized spacial score (nSPS) is 11.5. The second kappa shape index (κ2) is 11.0. The Morgan fingerprint density at radius 3 is 2.55 bits per heavy atom. The van der Waals surface area contributed by atoms with E-state index in [1.165, 1.54) is 24.3 Å². The topological polar surface area (TPSA) is 112 Å². The van der Waals surface area contributed by atoms with Crippen LogP contribution in [0.15, 0.2) is 77.2 Å². The standard InChI is InChI=1S/C28H22F3N5O4/c1-2-6-17-11-12-21(15-22(17)28(29,30)31)32-26(37)20-10-9-19-13-24(40-23(19)14-20)25-33-35-36(34-25)16-39-27(38)18-7-4-3-5-8-18/h3-5,7-15H,2,6,16H2,1H3,(H,32,37). The van der Waals surface area contributed by atoms with Crippen LogP contribution in [0.3, 0.4) is 0 Å². The highest BCUT2D eigenvalue weighted by Gasteiger charge is 2.33. The first-order chi connectivity index (χ1) is 19.2. The molecule has 5 aromatic rings. The minimum absolute atomic E-state index is 0.0335. The number of fused-ring (bicyclic) bond motifs is 1. The monoisotopic (exact) mass is 549 g/mol. The number of tetrazole rings is 1. The molecule has 40 heavy (non-hydrogen) atoms. The van der Waals surface area contributed by atoms with Crippen molar-refractivity contribution in [1.29, 1.82) is 0 Å². The summed E-state index contributed by atoms with van der Waals surface area (Å²) in [6.45, 7) is 1.54. The van der Waals surface area contributed by atoms with Gasteiger partial charge in [0.1, 0.15) is 5.58 Å². The quantitative estimate of drug-likeness (QED) is 0.232. The minimum atomic E-state index is -4.53. The summed E-state index contributed by atoms with van der Waals surface area (Å²) in [5.41, 5.74) is 0.347. The molecule has 3 aromatic carbocycles. The Bertz CT molecular complexity index is 1680. The van der Waals surface area contributed by atoms with E-state index >= 15 is 0 Å². The number of aryl methyl sites for hydroxylation is 1. The maximum absolute atomic E-state index is 13.5. The molecule has 0 radical (unpaired) electrons. The highest BCUT2D eigenvalue weighted by Crippen LogP contribution is 2.34. The van der Waals surface area contributed by atoms with Crippen LogP contribution in [0, 0.1) is 0 Å². The molecule has 5 rings (SSSR count). The van der Waals surface area contributed by atoms with Crippen LogP contribution in [0.1, 0.15) is 45.2 Å². The molecule has 1 amide bonds. The summed E-state index contributed by atoms with van der Waals surface area (Å²) in [7, 11) is 0. The molecule has 0 saturated heterocycles. The van der Waals surface area contributed by atoms with E-state index in [0.29, 0.717) is 23.0 Å². The summed E-state index contributed by atoms with van der Waals surface area (Å²) in [5.74, 6) is -0.750.